The van der Waals surface area contributed by atoms with E-state index in [-0.39, 0.29) is 0 Å². The SMILES string of the molecule is Cc1cc(N)c2c(C#N)csc2n1. The Morgan fingerprint density at radius 2 is 2.38 bits per heavy atom. The van der Waals surface area contributed by atoms with Crippen molar-refractivity contribution in [2.24, 2.45) is 0 Å². The number of nitrogen functional groups attached to an aromatic ring is 1. The van der Waals surface area contributed by atoms with E-state index in [1.54, 1.807) is 11.4 Å². The van der Waals surface area contributed by atoms with Gasteiger partial charge in [0.2, 0.25) is 0 Å². The van der Waals surface area contributed by atoms with Gasteiger partial charge < -0.3 is 5.73 Å². The van der Waals surface area contributed by atoms with E-state index in [9.17, 15) is 0 Å². The third-order valence-electron chi connectivity index (χ3n) is 1.82. The van der Waals surface area contributed by atoms with Gasteiger partial charge in [-0.25, -0.2) is 4.98 Å². The molecule has 0 aliphatic rings. The number of nitrogens with two attached hydrogens (primary N) is 1. The van der Waals surface area contributed by atoms with Gasteiger partial charge in [-0.2, -0.15) is 5.26 Å². The number of nitrogens with zero attached hydrogens (tertiary/aromatic N) is 2. The van der Waals surface area contributed by atoms with Crippen LogP contribution in [0.2, 0.25) is 0 Å². The van der Waals surface area contributed by atoms with Gasteiger partial charge in [0.25, 0.3) is 0 Å². The fourth-order valence-corrected chi connectivity index (χ4v) is 2.22. The molecule has 0 unspecified atom stereocenters. The van der Waals surface area contributed by atoms with Crippen molar-refractivity contribution in [2.45, 2.75) is 6.92 Å². The maximum Gasteiger partial charge on any atom is 0.126 e. The Balaban J connectivity index is 2.92. The predicted molar refractivity (Wildman–Crippen MR) is 53.5 cm³/mol. The van der Waals surface area contributed by atoms with Crippen LogP contribution >= 0.6 is 11.3 Å². The first-order valence-electron chi connectivity index (χ1n) is 3.77. The lowest BCUT2D eigenvalue weighted by Gasteiger charge is -1.97. The second-order valence-corrected chi connectivity index (χ2v) is 3.65. The molecule has 4 heteroatoms. The van der Waals surface area contributed by atoms with E-state index >= 15 is 0 Å². The standard InChI is InChI=1S/C9H7N3S/c1-5-2-7(11)8-6(3-10)4-13-9(8)12-5/h2,4H,1H3,(H2,11,12). The van der Waals surface area contributed by atoms with Crippen LogP contribution < -0.4 is 5.73 Å². The van der Waals surface area contributed by atoms with Gasteiger partial charge in [0.1, 0.15) is 10.9 Å². The molecule has 64 valence electrons. The van der Waals surface area contributed by atoms with Crippen LogP contribution in [0.5, 0.6) is 0 Å². The highest BCUT2D eigenvalue weighted by Gasteiger charge is 2.08. The third kappa shape index (κ3) is 1.14. The minimum atomic E-state index is 0.616. The first-order chi connectivity index (χ1) is 6.22. The molecule has 13 heavy (non-hydrogen) atoms. The van der Waals surface area contributed by atoms with Crippen LogP contribution in [0.25, 0.3) is 10.2 Å². The molecule has 0 aliphatic carbocycles. The van der Waals surface area contributed by atoms with Crippen molar-refractivity contribution in [3.63, 3.8) is 0 Å². The number of fused-ring (bicyclic) bond motifs is 1. The van der Waals surface area contributed by atoms with Crippen molar-refractivity contribution in [1.29, 1.82) is 5.26 Å². The van der Waals surface area contributed by atoms with Crippen molar-refractivity contribution in [3.05, 3.63) is 22.7 Å². The highest BCUT2D eigenvalue weighted by Crippen LogP contribution is 2.29. The number of aryl methyl sites for hydroxylation is 1. The van der Waals surface area contributed by atoms with Crippen molar-refractivity contribution in [2.75, 3.05) is 5.73 Å². The van der Waals surface area contributed by atoms with E-state index in [1.807, 2.05) is 6.92 Å². The lowest BCUT2D eigenvalue weighted by molar-refractivity contribution is 1.27. The molecule has 2 aromatic rings. The summed E-state index contributed by atoms with van der Waals surface area (Å²) in [6.45, 7) is 1.89. The lowest BCUT2D eigenvalue weighted by Crippen LogP contribution is -1.90. The Labute approximate surface area is 79.4 Å². The van der Waals surface area contributed by atoms with Gasteiger partial charge in [-0.15, -0.1) is 11.3 Å². The molecule has 3 nitrogen and oxygen atoms in total. The number of pyridine rings is 1. The molecule has 0 radical (unpaired) electrons. The molecule has 0 amide bonds. The molecule has 2 rings (SSSR count). The first kappa shape index (κ1) is 8.02. The van der Waals surface area contributed by atoms with Crippen LogP contribution in [-0.2, 0) is 0 Å². The summed E-state index contributed by atoms with van der Waals surface area (Å²) in [6.07, 6.45) is 0. The largest absolute Gasteiger partial charge is 0.398 e. The minimum absolute atomic E-state index is 0.616. The first-order valence-corrected chi connectivity index (χ1v) is 4.65. The quantitative estimate of drug-likeness (QED) is 0.690. The summed E-state index contributed by atoms with van der Waals surface area (Å²) >= 11 is 1.45. The molecular formula is C9H7N3S. The summed E-state index contributed by atoms with van der Waals surface area (Å²) in [5.74, 6) is 0. The number of rotatable bonds is 0. The number of thiophene rings is 1. The summed E-state index contributed by atoms with van der Waals surface area (Å²) < 4.78 is 0. The van der Waals surface area contributed by atoms with Gasteiger partial charge in [0, 0.05) is 16.8 Å². The molecule has 2 aromatic heterocycles. The van der Waals surface area contributed by atoms with Gasteiger partial charge in [0.15, 0.2) is 0 Å². The maximum atomic E-state index is 8.79. The number of anilines is 1. The van der Waals surface area contributed by atoms with Crippen LogP contribution in [0.15, 0.2) is 11.4 Å². The van der Waals surface area contributed by atoms with E-state index in [4.69, 9.17) is 11.0 Å². The Morgan fingerprint density at radius 1 is 1.62 bits per heavy atom. The normalized spacial score (nSPS) is 10.2. The second kappa shape index (κ2) is 2.71. The van der Waals surface area contributed by atoms with E-state index in [2.05, 4.69) is 11.1 Å². The topological polar surface area (TPSA) is 62.7 Å². The van der Waals surface area contributed by atoms with Gasteiger partial charge in [0.05, 0.1) is 10.9 Å². The number of aromatic nitrogens is 1. The molecule has 0 aliphatic heterocycles. The molecule has 0 spiro atoms. The van der Waals surface area contributed by atoms with Gasteiger partial charge in [-0.05, 0) is 13.0 Å². The highest BCUT2D eigenvalue weighted by molar-refractivity contribution is 7.17. The van der Waals surface area contributed by atoms with Crippen LogP contribution in [-0.4, -0.2) is 4.98 Å². The molecule has 0 bridgehead atoms. The predicted octanol–water partition coefficient (Wildman–Crippen LogP) is 2.06. The molecule has 2 N–H and O–H groups in total. The van der Waals surface area contributed by atoms with E-state index < -0.39 is 0 Å². The molecular weight excluding hydrogens is 182 g/mol. The summed E-state index contributed by atoms with van der Waals surface area (Å²) in [5, 5.41) is 11.4. The smallest absolute Gasteiger partial charge is 0.126 e. The Morgan fingerprint density at radius 3 is 3.08 bits per heavy atom. The van der Waals surface area contributed by atoms with Crippen molar-refractivity contribution < 1.29 is 0 Å². The van der Waals surface area contributed by atoms with Gasteiger partial charge in [-0.3, -0.25) is 0 Å². The maximum absolute atomic E-state index is 8.79. The zero-order valence-electron chi connectivity index (χ0n) is 7.03. The molecule has 0 saturated heterocycles. The minimum Gasteiger partial charge on any atom is -0.398 e. The van der Waals surface area contributed by atoms with Crippen molar-refractivity contribution >= 4 is 27.2 Å². The molecule has 2 heterocycles. The second-order valence-electron chi connectivity index (χ2n) is 2.79. The average Bonchev–Trinajstić information content (AvgIpc) is 2.47. The Hall–Kier alpha value is -1.60. The number of hydrogen-bond donors (Lipinski definition) is 1. The Kier molecular flexibility index (Phi) is 1.67. The average molecular weight is 189 g/mol. The molecule has 0 fully saturated rings. The third-order valence-corrected chi connectivity index (χ3v) is 2.70. The van der Waals surface area contributed by atoms with Gasteiger partial charge >= 0.3 is 0 Å². The van der Waals surface area contributed by atoms with Crippen molar-refractivity contribution in [1.82, 2.24) is 4.98 Å². The monoisotopic (exact) mass is 189 g/mol. The zero-order chi connectivity index (χ0) is 9.42. The van der Waals surface area contributed by atoms with E-state index in [1.165, 1.54) is 11.3 Å². The molecule has 0 aromatic carbocycles. The summed E-state index contributed by atoms with van der Waals surface area (Å²) in [4.78, 5) is 5.13. The van der Waals surface area contributed by atoms with Gasteiger partial charge in [-0.1, -0.05) is 0 Å². The lowest BCUT2D eigenvalue weighted by atomic mass is 10.2. The fraction of sp³-hybridized carbons (Fsp3) is 0.111. The van der Waals surface area contributed by atoms with Crippen LogP contribution in [0.3, 0.4) is 0 Å². The van der Waals surface area contributed by atoms with Crippen LogP contribution in [0, 0.1) is 18.3 Å². The number of nitriles is 1. The van der Waals surface area contributed by atoms with Crippen LogP contribution in [0.1, 0.15) is 11.3 Å². The molecule has 0 saturated carbocycles. The molecule has 0 atom stereocenters. The van der Waals surface area contributed by atoms with Crippen molar-refractivity contribution in [3.8, 4) is 6.07 Å². The Bertz CT molecular complexity index is 507. The highest BCUT2D eigenvalue weighted by atomic mass is 32.1. The van der Waals surface area contributed by atoms with E-state index in [0.29, 0.717) is 11.3 Å². The fourth-order valence-electron chi connectivity index (χ4n) is 1.28. The number of hydrogen-bond acceptors (Lipinski definition) is 4. The van der Waals surface area contributed by atoms with Crippen LogP contribution in [0.4, 0.5) is 5.69 Å². The summed E-state index contributed by atoms with van der Waals surface area (Å²) in [5.41, 5.74) is 7.93. The summed E-state index contributed by atoms with van der Waals surface area (Å²) in [6, 6.07) is 3.89. The zero-order valence-corrected chi connectivity index (χ0v) is 7.85. The summed E-state index contributed by atoms with van der Waals surface area (Å²) in [7, 11) is 0. The van der Waals surface area contributed by atoms with E-state index in [0.717, 1.165) is 15.9 Å².